The summed E-state index contributed by atoms with van der Waals surface area (Å²) in [4.78, 5) is 8.56. The molecule has 0 rings (SSSR count). The van der Waals surface area contributed by atoms with Gasteiger partial charge < -0.3 is 10.2 Å². The first-order valence-electron chi connectivity index (χ1n) is 3.33. The van der Waals surface area contributed by atoms with Crippen LogP contribution < -0.4 is 0 Å². The maximum atomic E-state index is 9.84. The average Bonchev–Trinajstić information content (AvgIpc) is 1.83. The summed E-state index contributed by atoms with van der Waals surface area (Å²) in [6, 6.07) is 0. The molecular formula is C5H12O7S. The van der Waals surface area contributed by atoms with Crippen molar-refractivity contribution in [2.75, 3.05) is 6.61 Å². The minimum Gasteiger partial charge on any atom is -0.450 e. The van der Waals surface area contributed by atoms with Gasteiger partial charge in [-0.25, -0.2) is 8.98 Å². The third-order valence-corrected chi connectivity index (χ3v) is 1.19. The van der Waals surface area contributed by atoms with Crippen LogP contribution in [0.2, 0.25) is 0 Å². The van der Waals surface area contributed by atoms with E-state index in [1.807, 2.05) is 6.92 Å². The zero-order valence-corrected chi connectivity index (χ0v) is 7.82. The number of hydrogen-bond donors (Lipinski definition) is 3. The van der Waals surface area contributed by atoms with Crippen molar-refractivity contribution in [2.45, 2.75) is 19.8 Å². The van der Waals surface area contributed by atoms with E-state index in [1.54, 1.807) is 0 Å². The molecule has 0 atom stereocenters. The molecule has 0 heterocycles. The van der Waals surface area contributed by atoms with Gasteiger partial charge in [0.1, 0.15) is 0 Å². The zero-order chi connectivity index (χ0) is 10.9. The van der Waals surface area contributed by atoms with Crippen LogP contribution in [0.3, 0.4) is 0 Å². The van der Waals surface area contributed by atoms with Gasteiger partial charge in [-0.1, -0.05) is 13.3 Å². The van der Waals surface area contributed by atoms with Crippen molar-refractivity contribution >= 4 is 16.6 Å². The van der Waals surface area contributed by atoms with Crippen molar-refractivity contribution in [3.05, 3.63) is 0 Å². The van der Waals surface area contributed by atoms with E-state index < -0.39 is 16.6 Å². The van der Waals surface area contributed by atoms with Crippen molar-refractivity contribution in [1.29, 1.82) is 0 Å². The maximum absolute atomic E-state index is 9.84. The molecule has 0 aromatic heterocycles. The molecule has 0 aliphatic carbocycles. The highest BCUT2D eigenvalue weighted by atomic mass is 32.3. The van der Waals surface area contributed by atoms with E-state index in [0.717, 1.165) is 6.42 Å². The molecule has 0 fully saturated rings. The van der Waals surface area contributed by atoms with Gasteiger partial charge in [0.2, 0.25) is 0 Å². The summed E-state index contributed by atoms with van der Waals surface area (Å²) in [5, 5.41) is 13.9. The maximum Gasteiger partial charge on any atom is 0.503 e. The minimum atomic E-state index is -4.20. The van der Waals surface area contributed by atoms with E-state index in [1.165, 1.54) is 0 Å². The number of hydrogen-bond acceptors (Lipinski definition) is 4. The van der Waals surface area contributed by atoms with Crippen LogP contribution in [-0.2, 0) is 14.6 Å². The molecule has 0 amide bonds. The Morgan fingerprint density at radius 2 is 1.77 bits per heavy atom. The van der Waals surface area contributed by atoms with Gasteiger partial charge in [0.15, 0.2) is 0 Å². The zero-order valence-electron chi connectivity index (χ0n) is 7.00. The summed E-state index contributed by atoms with van der Waals surface area (Å²) in [5.74, 6) is 0. The summed E-state index contributed by atoms with van der Waals surface area (Å²) < 4.78 is 31.7. The molecule has 3 N–H and O–H groups in total. The summed E-state index contributed by atoms with van der Waals surface area (Å²) in [6.07, 6.45) is -0.352. The third-order valence-electron chi connectivity index (χ3n) is 0.730. The number of unbranched alkanes of at least 4 members (excludes halogenated alkanes) is 1. The van der Waals surface area contributed by atoms with E-state index >= 15 is 0 Å². The monoisotopic (exact) mass is 216 g/mol. The lowest BCUT2D eigenvalue weighted by atomic mass is 10.4. The Morgan fingerprint density at radius 3 is 2.00 bits per heavy atom. The first-order chi connectivity index (χ1) is 5.79. The SMILES string of the molecule is CCCCOS(=O)(=O)O.O=C(O)O. The van der Waals surface area contributed by atoms with Crippen LogP contribution >= 0.6 is 0 Å². The Kier molecular flexibility index (Phi) is 8.76. The van der Waals surface area contributed by atoms with Crippen molar-refractivity contribution in [1.82, 2.24) is 0 Å². The molecule has 0 aromatic rings. The van der Waals surface area contributed by atoms with Crippen LogP contribution in [0.15, 0.2) is 0 Å². The molecule has 80 valence electrons. The smallest absolute Gasteiger partial charge is 0.450 e. The Balaban J connectivity index is 0. The number of rotatable bonds is 4. The van der Waals surface area contributed by atoms with Crippen LogP contribution in [0.4, 0.5) is 4.79 Å². The molecule has 7 nitrogen and oxygen atoms in total. The van der Waals surface area contributed by atoms with Gasteiger partial charge in [-0.15, -0.1) is 0 Å². The van der Waals surface area contributed by atoms with Gasteiger partial charge in [0.05, 0.1) is 6.61 Å². The van der Waals surface area contributed by atoms with Crippen LogP contribution in [0, 0.1) is 0 Å². The summed E-state index contributed by atoms with van der Waals surface area (Å²) >= 11 is 0. The molecule has 8 heteroatoms. The van der Waals surface area contributed by atoms with Crippen LogP contribution in [0.5, 0.6) is 0 Å². The van der Waals surface area contributed by atoms with E-state index in [4.69, 9.17) is 19.6 Å². The number of carbonyl (C=O) groups is 1. The standard InChI is InChI=1S/C4H10O4S.CH2O3/c1-2-3-4-8-9(5,6)7;2-1(3)4/h2-4H2,1H3,(H,5,6,7);(H2,2,3,4). The van der Waals surface area contributed by atoms with Crippen LogP contribution in [0.25, 0.3) is 0 Å². The van der Waals surface area contributed by atoms with Crippen molar-refractivity contribution in [2.24, 2.45) is 0 Å². The Labute approximate surface area is 75.9 Å². The molecular weight excluding hydrogens is 204 g/mol. The predicted octanol–water partition coefficient (Wildman–Crippen LogP) is 0.828. The summed E-state index contributed by atoms with van der Waals surface area (Å²) in [7, 11) is -4.20. The normalized spacial score (nSPS) is 10.0. The lowest BCUT2D eigenvalue weighted by Crippen LogP contribution is -2.04. The second kappa shape index (κ2) is 7.77. The molecule has 0 radical (unpaired) electrons. The molecule has 13 heavy (non-hydrogen) atoms. The van der Waals surface area contributed by atoms with Crippen molar-refractivity contribution in [3.8, 4) is 0 Å². The van der Waals surface area contributed by atoms with Crippen molar-refractivity contribution < 1.29 is 32.2 Å². The summed E-state index contributed by atoms with van der Waals surface area (Å²) in [5.41, 5.74) is 0. The highest BCUT2D eigenvalue weighted by Gasteiger charge is 2.00. The fourth-order valence-corrected chi connectivity index (χ4v) is 0.637. The topological polar surface area (TPSA) is 121 Å². The predicted molar refractivity (Wildman–Crippen MR) is 43.1 cm³/mol. The molecule has 0 aliphatic rings. The molecule has 0 unspecified atom stereocenters. The Hall–Kier alpha value is -0.860. The highest BCUT2D eigenvalue weighted by molar-refractivity contribution is 7.80. The quantitative estimate of drug-likeness (QED) is 0.470. The molecule has 0 aromatic carbocycles. The fraction of sp³-hybridized carbons (Fsp3) is 0.800. The third kappa shape index (κ3) is 35.2. The second-order valence-corrected chi connectivity index (χ2v) is 2.98. The Bertz CT molecular complexity index is 215. The second-order valence-electron chi connectivity index (χ2n) is 1.89. The lowest BCUT2D eigenvalue weighted by Gasteiger charge is -1.95. The van der Waals surface area contributed by atoms with Gasteiger partial charge in [-0.2, -0.15) is 8.42 Å². The van der Waals surface area contributed by atoms with Crippen LogP contribution in [0.1, 0.15) is 19.8 Å². The van der Waals surface area contributed by atoms with Gasteiger partial charge in [-0.05, 0) is 6.42 Å². The molecule has 0 saturated carbocycles. The minimum absolute atomic E-state index is 0.0648. The Morgan fingerprint density at radius 1 is 1.38 bits per heavy atom. The molecule has 0 spiro atoms. The van der Waals surface area contributed by atoms with Crippen LogP contribution in [-0.4, -0.2) is 35.9 Å². The van der Waals surface area contributed by atoms with Gasteiger partial charge in [0.25, 0.3) is 0 Å². The van der Waals surface area contributed by atoms with E-state index in [2.05, 4.69) is 4.18 Å². The average molecular weight is 216 g/mol. The first-order valence-corrected chi connectivity index (χ1v) is 4.69. The molecule has 0 bridgehead atoms. The largest absolute Gasteiger partial charge is 0.503 e. The van der Waals surface area contributed by atoms with Gasteiger partial charge >= 0.3 is 16.6 Å². The number of carboxylic acid groups (broad SMARTS) is 2. The highest BCUT2D eigenvalue weighted by Crippen LogP contribution is 1.91. The first kappa shape index (κ1) is 14.7. The lowest BCUT2D eigenvalue weighted by molar-refractivity contribution is 0.137. The van der Waals surface area contributed by atoms with E-state index in [9.17, 15) is 8.42 Å². The molecule has 0 saturated heterocycles. The van der Waals surface area contributed by atoms with Gasteiger partial charge in [0, 0.05) is 0 Å². The fourth-order valence-electron chi connectivity index (χ4n) is 0.309. The molecule has 0 aliphatic heterocycles. The summed E-state index contributed by atoms with van der Waals surface area (Å²) in [6.45, 7) is 1.96. The van der Waals surface area contributed by atoms with E-state index in [0.29, 0.717) is 6.42 Å². The van der Waals surface area contributed by atoms with E-state index in [-0.39, 0.29) is 6.61 Å². The van der Waals surface area contributed by atoms with Crippen molar-refractivity contribution in [3.63, 3.8) is 0 Å². The van der Waals surface area contributed by atoms with Gasteiger partial charge in [-0.3, -0.25) is 4.55 Å².